The van der Waals surface area contributed by atoms with Crippen LogP contribution >= 0.6 is 27.5 Å². The predicted molar refractivity (Wildman–Crippen MR) is 85.8 cm³/mol. The van der Waals surface area contributed by atoms with Crippen molar-refractivity contribution < 1.29 is 0 Å². The van der Waals surface area contributed by atoms with Gasteiger partial charge in [-0.15, -0.1) is 0 Å². The van der Waals surface area contributed by atoms with Crippen LogP contribution in [0.3, 0.4) is 0 Å². The lowest BCUT2D eigenvalue weighted by Gasteiger charge is -2.19. The summed E-state index contributed by atoms with van der Waals surface area (Å²) < 4.78 is 1.11. The van der Waals surface area contributed by atoms with Crippen LogP contribution in [0.4, 0.5) is 0 Å². The number of hydrogen-bond acceptors (Lipinski definition) is 1. The fraction of sp³-hybridized carbons (Fsp3) is 0.250. The number of nitrogens with one attached hydrogen (secondary N) is 1. The molecule has 1 nitrogen and oxygen atoms in total. The van der Waals surface area contributed by atoms with Gasteiger partial charge in [-0.1, -0.05) is 51.8 Å². The summed E-state index contributed by atoms with van der Waals surface area (Å²) in [5.74, 6) is 0. The Morgan fingerprint density at radius 3 is 2.63 bits per heavy atom. The van der Waals surface area contributed by atoms with E-state index >= 15 is 0 Å². The first-order chi connectivity index (χ1) is 9.11. The predicted octanol–water partition coefficient (Wildman–Crippen LogP) is 4.91. The van der Waals surface area contributed by atoms with Gasteiger partial charge >= 0.3 is 0 Å². The van der Waals surface area contributed by atoms with Gasteiger partial charge in [-0.05, 0) is 55.3 Å². The zero-order valence-electron chi connectivity index (χ0n) is 11.1. The third kappa shape index (κ3) is 3.59. The first-order valence-corrected chi connectivity index (χ1v) is 7.45. The topological polar surface area (TPSA) is 12.0 Å². The van der Waals surface area contributed by atoms with Gasteiger partial charge in [-0.3, -0.25) is 0 Å². The highest BCUT2D eigenvalue weighted by molar-refractivity contribution is 9.10. The third-order valence-electron chi connectivity index (χ3n) is 3.36. The standard InChI is InChI=1S/C16H17BrClN/c1-11-14(7-4-8-15(11)18)16(19-2)10-12-5-3-6-13(17)9-12/h3-9,16,19H,10H2,1-2H3. The van der Waals surface area contributed by atoms with Crippen LogP contribution in [-0.2, 0) is 6.42 Å². The average Bonchev–Trinajstić information content (AvgIpc) is 2.40. The van der Waals surface area contributed by atoms with Crippen molar-refractivity contribution in [2.45, 2.75) is 19.4 Å². The van der Waals surface area contributed by atoms with E-state index in [1.54, 1.807) is 0 Å². The van der Waals surface area contributed by atoms with Gasteiger partial charge < -0.3 is 5.32 Å². The second kappa shape index (κ2) is 6.56. The van der Waals surface area contributed by atoms with Crippen LogP contribution in [0.25, 0.3) is 0 Å². The molecule has 0 aliphatic heterocycles. The van der Waals surface area contributed by atoms with Crippen LogP contribution in [0.5, 0.6) is 0 Å². The van der Waals surface area contributed by atoms with E-state index in [2.05, 4.69) is 52.4 Å². The molecule has 0 bridgehead atoms. The monoisotopic (exact) mass is 337 g/mol. The summed E-state index contributed by atoms with van der Waals surface area (Å²) in [5, 5.41) is 4.21. The van der Waals surface area contributed by atoms with Crippen molar-refractivity contribution in [1.29, 1.82) is 0 Å². The molecule has 2 rings (SSSR count). The molecule has 1 N–H and O–H groups in total. The Kier molecular flexibility index (Phi) is 5.03. The minimum atomic E-state index is 0.271. The molecule has 1 atom stereocenters. The van der Waals surface area contributed by atoms with Gasteiger partial charge in [0, 0.05) is 15.5 Å². The quantitative estimate of drug-likeness (QED) is 0.835. The molecule has 0 saturated carbocycles. The van der Waals surface area contributed by atoms with E-state index in [1.165, 1.54) is 11.1 Å². The zero-order valence-corrected chi connectivity index (χ0v) is 13.4. The fourth-order valence-electron chi connectivity index (χ4n) is 2.27. The van der Waals surface area contributed by atoms with Gasteiger partial charge in [0.2, 0.25) is 0 Å². The first kappa shape index (κ1) is 14.6. The molecular formula is C16H17BrClN. The van der Waals surface area contributed by atoms with Crippen LogP contribution in [0.2, 0.25) is 5.02 Å². The van der Waals surface area contributed by atoms with E-state index in [-0.39, 0.29) is 6.04 Å². The smallest absolute Gasteiger partial charge is 0.0438 e. The van der Waals surface area contributed by atoms with Gasteiger partial charge in [0.1, 0.15) is 0 Å². The molecule has 0 heterocycles. The van der Waals surface area contributed by atoms with E-state index in [0.717, 1.165) is 21.5 Å². The van der Waals surface area contributed by atoms with E-state index < -0.39 is 0 Å². The van der Waals surface area contributed by atoms with Crippen molar-refractivity contribution in [3.8, 4) is 0 Å². The summed E-state index contributed by atoms with van der Waals surface area (Å²) in [4.78, 5) is 0. The van der Waals surface area contributed by atoms with E-state index in [0.29, 0.717) is 0 Å². The number of benzene rings is 2. The number of halogens is 2. The van der Waals surface area contributed by atoms with Crippen LogP contribution in [-0.4, -0.2) is 7.05 Å². The highest BCUT2D eigenvalue weighted by atomic mass is 79.9. The Morgan fingerprint density at radius 2 is 1.95 bits per heavy atom. The Morgan fingerprint density at radius 1 is 1.21 bits per heavy atom. The second-order valence-electron chi connectivity index (χ2n) is 4.63. The van der Waals surface area contributed by atoms with Gasteiger partial charge in [0.05, 0.1) is 0 Å². The first-order valence-electron chi connectivity index (χ1n) is 6.28. The number of rotatable bonds is 4. The molecule has 0 amide bonds. The average molecular weight is 339 g/mol. The van der Waals surface area contributed by atoms with Crippen LogP contribution < -0.4 is 5.32 Å². The Balaban J connectivity index is 2.28. The maximum atomic E-state index is 6.21. The molecule has 100 valence electrons. The lowest BCUT2D eigenvalue weighted by molar-refractivity contribution is 0.589. The second-order valence-corrected chi connectivity index (χ2v) is 5.95. The van der Waals surface area contributed by atoms with E-state index in [4.69, 9.17) is 11.6 Å². The zero-order chi connectivity index (χ0) is 13.8. The molecule has 2 aromatic rings. The van der Waals surface area contributed by atoms with Crippen molar-refractivity contribution in [3.05, 3.63) is 68.7 Å². The highest BCUT2D eigenvalue weighted by Crippen LogP contribution is 2.27. The summed E-state index contributed by atoms with van der Waals surface area (Å²) in [6.07, 6.45) is 0.942. The van der Waals surface area contributed by atoms with Crippen LogP contribution in [0.1, 0.15) is 22.7 Å². The third-order valence-corrected chi connectivity index (χ3v) is 4.27. The normalized spacial score (nSPS) is 12.4. The van der Waals surface area contributed by atoms with Crippen molar-refractivity contribution in [2.75, 3.05) is 7.05 Å². The fourth-order valence-corrected chi connectivity index (χ4v) is 2.90. The molecule has 3 heteroatoms. The van der Waals surface area contributed by atoms with Gasteiger partial charge in [-0.2, -0.15) is 0 Å². The Hall–Kier alpha value is -0.830. The maximum absolute atomic E-state index is 6.21. The largest absolute Gasteiger partial charge is 0.313 e. The summed E-state index contributed by atoms with van der Waals surface area (Å²) >= 11 is 9.72. The van der Waals surface area contributed by atoms with Crippen LogP contribution in [0, 0.1) is 6.92 Å². The highest BCUT2D eigenvalue weighted by Gasteiger charge is 2.14. The minimum absolute atomic E-state index is 0.271. The van der Waals surface area contributed by atoms with E-state index in [1.807, 2.05) is 25.2 Å². The van der Waals surface area contributed by atoms with E-state index in [9.17, 15) is 0 Å². The molecule has 0 radical (unpaired) electrons. The molecule has 0 aromatic heterocycles. The SMILES string of the molecule is CNC(Cc1cccc(Br)c1)c1cccc(Cl)c1C. The molecule has 0 spiro atoms. The molecular weight excluding hydrogens is 322 g/mol. The summed E-state index contributed by atoms with van der Waals surface area (Å²) in [6, 6.07) is 14.8. The number of hydrogen-bond donors (Lipinski definition) is 1. The Labute approximate surface area is 128 Å². The lowest BCUT2D eigenvalue weighted by atomic mass is 9.95. The van der Waals surface area contributed by atoms with Crippen molar-refractivity contribution >= 4 is 27.5 Å². The molecule has 1 unspecified atom stereocenters. The lowest BCUT2D eigenvalue weighted by Crippen LogP contribution is -2.19. The van der Waals surface area contributed by atoms with Gasteiger partial charge in [0.25, 0.3) is 0 Å². The summed E-state index contributed by atoms with van der Waals surface area (Å²) in [7, 11) is 1.99. The molecule has 19 heavy (non-hydrogen) atoms. The number of likely N-dealkylation sites (N-methyl/N-ethyl adjacent to an activating group) is 1. The maximum Gasteiger partial charge on any atom is 0.0438 e. The molecule has 0 saturated heterocycles. The van der Waals surface area contributed by atoms with Crippen LogP contribution in [0.15, 0.2) is 46.9 Å². The molecule has 0 aliphatic rings. The summed E-state index contributed by atoms with van der Waals surface area (Å²) in [6.45, 7) is 2.07. The molecule has 0 aliphatic carbocycles. The van der Waals surface area contributed by atoms with Crippen molar-refractivity contribution in [2.24, 2.45) is 0 Å². The van der Waals surface area contributed by atoms with Gasteiger partial charge in [-0.25, -0.2) is 0 Å². The van der Waals surface area contributed by atoms with Gasteiger partial charge in [0.15, 0.2) is 0 Å². The van der Waals surface area contributed by atoms with Crippen molar-refractivity contribution in [3.63, 3.8) is 0 Å². The Bertz CT molecular complexity index is 568. The van der Waals surface area contributed by atoms with Crippen molar-refractivity contribution in [1.82, 2.24) is 5.32 Å². The summed E-state index contributed by atoms with van der Waals surface area (Å²) in [5.41, 5.74) is 3.71. The molecule has 0 fully saturated rings. The minimum Gasteiger partial charge on any atom is -0.313 e. The molecule has 2 aromatic carbocycles.